The number of halogens is 3. The molecule has 8 heteroatoms. The van der Waals surface area contributed by atoms with E-state index in [9.17, 15) is 29.1 Å². The van der Waals surface area contributed by atoms with Crippen molar-refractivity contribution in [2.75, 3.05) is 5.33 Å². The molecule has 0 aromatic heterocycles. The topological polar surface area (TPSA) is 83.6 Å². The predicted molar refractivity (Wildman–Crippen MR) is 62.4 cm³/mol. The monoisotopic (exact) mass is 325 g/mol. The van der Waals surface area contributed by atoms with E-state index < -0.39 is 40.0 Å². The maximum Gasteiger partial charge on any atom is 0.278 e. The zero-order valence-corrected chi connectivity index (χ0v) is 10.6. The van der Waals surface area contributed by atoms with Gasteiger partial charge in [-0.2, -0.15) is 0 Å². The third kappa shape index (κ3) is 3.21. The second-order valence-electron chi connectivity index (χ2n) is 3.57. The first kappa shape index (κ1) is 14.9. The van der Waals surface area contributed by atoms with Crippen LogP contribution in [0, 0.1) is 21.7 Å². The Bertz CT molecular complexity index is 458. The number of rotatable bonds is 5. The van der Waals surface area contributed by atoms with Crippen molar-refractivity contribution < 1.29 is 23.9 Å². The van der Waals surface area contributed by atoms with Gasteiger partial charge in [-0.25, -0.2) is 8.78 Å². The minimum absolute atomic E-state index is 0.108. The van der Waals surface area contributed by atoms with E-state index in [2.05, 4.69) is 15.9 Å². The van der Waals surface area contributed by atoms with E-state index in [1.54, 1.807) is 0 Å². The minimum Gasteiger partial charge on any atom is -0.390 e. The quantitative estimate of drug-likeness (QED) is 0.493. The average molecular weight is 326 g/mol. The molecule has 0 aliphatic rings. The van der Waals surface area contributed by atoms with Crippen LogP contribution in [0.25, 0.3) is 0 Å². The highest BCUT2D eigenvalue weighted by Gasteiger charge is 2.28. The summed E-state index contributed by atoms with van der Waals surface area (Å²) in [5, 5.41) is 30.3. The van der Waals surface area contributed by atoms with Crippen molar-refractivity contribution in [2.24, 2.45) is 0 Å². The van der Waals surface area contributed by atoms with E-state index in [1.807, 2.05) is 0 Å². The van der Waals surface area contributed by atoms with Gasteiger partial charge in [0.2, 0.25) is 0 Å². The third-order valence-corrected chi connectivity index (χ3v) is 2.81. The van der Waals surface area contributed by atoms with Gasteiger partial charge in [0.25, 0.3) is 5.69 Å². The fraction of sp³-hybridized carbons (Fsp3) is 0.400. The first-order chi connectivity index (χ1) is 8.38. The van der Waals surface area contributed by atoms with Crippen LogP contribution in [0.1, 0.15) is 18.1 Å². The van der Waals surface area contributed by atoms with Crippen LogP contribution < -0.4 is 0 Å². The minimum atomic E-state index is -1.65. The van der Waals surface area contributed by atoms with Gasteiger partial charge in [0.1, 0.15) is 6.10 Å². The van der Waals surface area contributed by atoms with Gasteiger partial charge >= 0.3 is 0 Å². The van der Waals surface area contributed by atoms with E-state index in [0.29, 0.717) is 17.5 Å². The van der Waals surface area contributed by atoms with E-state index in [0.717, 1.165) is 0 Å². The molecular formula is C10H10BrF2NO4. The summed E-state index contributed by atoms with van der Waals surface area (Å²) in [4.78, 5) is 9.74. The van der Waals surface area contributed by atoms with Crippen molar-refractivity contribution in [3.8, 4) is 0 Å². The Morgan fingerprint density at radius 1 is 1.33 bits per heavy atom. The first-order valence-corrected chi connectivity index (χ1v) is 6.06. The highest BCUT2D eigenvalue weighted by atomic mass is 79.9. The summed E-state index contributed by atoms with van der Waals surface area (Å²) in [5.74, 6) is -2.70. The van der Waals surface area contributed by atoms with Crippen molar-refractivity contribution >= 4 is 21.6 Å². The largest absolute Gasteiger partial charge is 0.390 e. The van der Waals surface area contributed by atoms with Gasteiger partial charge < -0.3 is 10.2 Å². The molecule has 0 bridgehead atoms. The van der Waals surface area contributed by atoms with Crippen molar-refractivity contribution in [2.45, 2.75) is 18.6 Å². The lowest BCUT2D eigenvalue weighted by Crippen LogP contribution is -2.20. The van der Waals surface area contributed by atoms with Gasteiger partial charge in [0.05, 0.1) is 22.7 Å². The second-order valence-corrected chi connectivity index (χ2v) is 4.37. The van der Waals surface area contributed by atoms with Crippen molar-refractivity contribution in [1.82, 2.24) is 0 Å². The summed E-state index contributed by atoms with van der Waals surface area (Å²) < 4.78 is 25.9. The number of aliphatic hydroxyl groups excluding tert-OH is 2. The SMILES string of the molecule is O=[N+]([O-])c1cc(F)c(F)cc1C(O)C(O)CCBr. The Kier molecular flexibility index (Phi) is 5.12. The summed E-state index contributed by atoms with van der Waals surface area (Å²) in [5.41, 5.74) is -1.22. The average Bonchev–Trinajstić information content (AvgIpc) is 2.31. The van der Waals surface area contributed by atoms with Gasteiger partial charge in [-0.05, 0) is 12.5 Å². The zero-order chi connectivity index (χ0) is 13.9. The van der Waals surface area contributed by atoms with Crippen molar-refractivity contribution in [1.29, 1.82) is 0 Å². The summed E-state index contributed by atoms with van der Waals surface area (Å²) in [7, 11) is 0. The highest BCUT2D eigenvalue weighted by Crippen LogP contribution is 2.30. The molecule has 0 radical (unpaired) electrons. The molecule has 1 aromatic rings. The van der Waals surface area contributed by atoms with Gasteiger partial charge in [0, 0.05) is 5.33 Å². The molecule has 2 atom stereocenters. The van der Waals surface area contributed by atoms with Crippen LogP contribution in [0.5, 0.6) is 0 Å². The van der Waals surface area contributed by atoms with Crippen LogP contribution in [0.4, 0.5) is 14.5 Å². The molecule has 2 N–H and O–H groups in total. The fourth-order valence-electron chi connectivity index (χ4n) is 1.42. The normalized spacial score (nSPS) is 14.3. The summed E-state index contributed by atoms with van der Waals surface area (Å²) in [6.07, 6.45) is -2.86. The lowest BCUT2D eigenvalue weighted by Gasteiger charge is -2.17. The highest BCUT2D eigenvalue weighted by molar-refractivity contribution is 9.09. The molecule has 5 nitrogen and oxygen atoms in total. The number of alkyl halides is 1. The molecule has 0 heterocycles. The fourth-order valence-corrected chi connectivity index (χ4v) is 1.89. The van der Waals surface area contributed by atoms with Crippen molar-refractivity contribution in [3.63, 3.8) is 0 Å². The molecule has 0 saturated heterocycles. The van der Waals surface area contributed by atoms with Crippen LogP contribution in [0.15, 0.2) is 12.1 Å². The molecule has 0 spiro atoms. The molecule has 1 rings (SSSR count). The van der Waals surface area contributed by atoms with Crippen LogP contribution in [-0.2, 0) is 0 Å². The van der Waals surface area contributed by atoms with Crippen LogP contribution in [0.2, 0.25) is 0 Å². The molecule has 100 valence electrons. The Balaban J connectivity index is 3.21. The Hall–Kier alpha value is -1.12. The molecule has 1 aromatic carbocycles. The number of nitrogens with zero attached hydrogens (tertiary/aromatic N) is 1. The smallest absolute Gasteiger partial charge is 0.278 e. The van der Waals surface area contributed by atoms with E-state index in [-0.39, 0.29) is 6.42 Å². The van der Waals surface area contributed by atoms with Crippen molar-refractivity contribution in [3.05, 3.63) is 39.4 Å². The number of benzene rings is 1. The summed E-state index contributed by atoms with van der Waals surface area (Å²) >= 11 is 3.03. The zero-order valence-electron chi connectivity index (χ0n) is 9.02. The van der Waals surface area contributed by atoms with Gasteiger partial charge in [-0.3, -0.25) is 10.1 Å². The Labute approximate surface area is 109 Å². The Morgan fingerprint density at radius 2 is 1.89 bits per heavy atom. The molecule has 18 heavy (non-hydrogen) atoms. The first-order valence-electron chi connectivity index (χ1n) is 4.94. The van der Waals surface area contributed by atoms with Crippen LogP contribution >= 0.6 is 15.9 Å². The van der Waals surface area contributed by atoms with Crippen LogP contribution in [-0.4, -0.2) is 26.6 Å². The van der Waals surface area contributed by atoms with Gasteiger partial charge in [-0.1, -0.05) is 15.9 Å². The van der Waals surface area contributed by atoms with Gasteiger partial charge in [0.15, 0.2) is 11.6 Å². The number of hydrogen-bond acceptors (Lipinski definition) is 4. The molecule has 0 fully saturated rings. The third-order valence-electron chi connectivity index (χ3n) is 2.35. The number of aliphatic hydroxyl groups is 2. The van der Waals surface area contributed by atoms with E-state index in [1.165, 1.54) is 0 Å². The lowest BCUT2D eigenvalue weighted by molar-refractivity contribution is -0.386. The maximum atomic E-state index is 13.0. The van der Waals surface area contributed by atoms with E-state index >= 15 is 0 Å². The molecular weight excluding hydrogens is 316 g/mol. The van der Waals surface area contributed by atoms with Crippen LogP contribution in [0.3, 0.4) is 0 Å². The summed E-state index contributed by atoms with van der Waals surface area (Å²) in [6, 6.07) is 0.907. The predicted octanol–water partition coefficient (Wildman–Crippen LogP) is 2.05. The van der Waals surface area contributed by atoms with Gasteiger partial charge in [-0.15, -0.1) is 0 Å². The molecule has 0 saturated carbocycles. The molecule has 2 unspecified atom stereocenters. The molecule has 0 amide bonds. The molecule has 0 aliphatic carbocycles. The maximum absolute atomic E-state index is 13.0. The standard InChI is InChI=1S/C10H10BrF2NO4/c11-2-1-9(15)10(16)5-3-6(12)7(13)4-8(5)14(17)18/h3-4,9-10,15-16H,1-2H2. The number of hydrogen-bond donors (Lipinski definition) is 2. The number of nitro benzene ring substituents is 1. The lowest BCUT2D eigenvalue weighted by atomic mass is 10.0. The number of nitro groups is 1. The summed E-state index contributed by atoms with van der Waals surface area (Å²) in [6.45, 7) is 0. The Morgan fingerprint density at radius 3 is 2.39 bits per heavy atom. The second kappa shape index (κ2) is 6.17. The van der Waals surface area contributed by atoms with E-state index in [4.69, 9.17) is 0 Å². The molecule has 0 aliphatic heterocycles.